The molecule has 1 heterocycles. The Morgan fingerprint density at radius 3 is 2.00 bits per heavy atom. The molecule has 0 saturated carbocycles. The monoisotopic (exact) mass is 242 g/mol. The highest BCUT2D eigenvalue weighted by Crippen LogP contribution is 2.11. The summed E-state index contributed by atoms with van der Waals surface area (Å²) in [6.07, 6.45) is 0. The summed E-state index contributed by atoms with van der Waals surface area (Å²) < 4.78 is 23.3. The van der Waals surface area contributed by atoms with Crippen LogP contribution < -0.4 is 0 Å². The van der Waals surface area contributed by atoms with Crippen molar-refractivity contribution >= 4 is 23.3 Å². The van der Waals surface area contributed by atoms with E-state index in [1.807, 2.05) is 7.05 Å². The van der Waals surface area contributed by atoms with Gasteiger partial charge in [0.15, 0.2) is 0 Å². The standard InChI is InChI=1S/C5H11BrN2O2S/c1-7-2-4-8(5-3-7)11(6,9)10/h2-5H2,1H3. The van der Waals surface area contributed by atoms with Gasteiger partial charge in [0.05, 0.1) is 14.8 Å². The van der Waals surface area contributed by atoms with E-state index in [1.165, 1.54) is 4.31 Å². The van der Waals surface area contributed by atoms with Crippen molar-refractivity contribution in [3.63, 3.8) is 0 Å². The molecule has 1 fully saturated rings. The number of hydrogen-bond acceptors (Lipinski definition) is 3. The van der Waals surface area contributed by atoms with Crippen molar-refractivity contribution in [1.82, 2.24) is 9.21 Å². The molecule has 1 saturated heterocycles. The van der Waals surface area contributed by atoms with Gasteiger partial charge in [-0.05, 0) is 7.05 Å². The van der Waals surface area contributed by atoms with Crippen LogP contribution in [0.4, 0.5) is 0 Å². The van der Waals surface area contributed by atoms with Crippen molar-refractivity contribution in [3.05, 3.63) is 0 Å². The zero-order chi connectivity index (χ0) is 8.48. The molecule has 0 aliphatic carbocycles. The summed E-state index contributed by atoms with van der Waals surface area (Å²) in [7, 11) is -1.15. The summed E-state index contributed by atoms with van der Waals surface area (Å²) >= 11 is 2.64. The fraction of sp³-hybridized carbons (Fsp3) is 1.00. The Morgan fingerprint density at radius 1 is 1.18 bits per heavy atom. The van der Waals surface area contributed by atoms with Gasteiger partial charge in [0, 0.05) is 26.2 Å². The van der Waals surface area contributed by atoms with Gasteiger partial charge in [-0.2, -0.15) is 4.31 Å². The van der Waals surface area contributed by atoms with Gasteiger partial charge in [-0.15, -0.1) is 0 Å². The van der Waals surface area contributed by atoms with Gasteiger partial charge < -0.3 is 4.90 Å². The van der Waals surface area contributed by atoms with E-state index in [1.54, 1.807) is 0 Å². The van der Waals surface area contributed by atoms with Crippen LogP contribution in [-0.2, 0) is 8.46 Å². The van der Waals surface area contributed by atoms with Crippen LogP contribution in [0.3, 0.4) is 0 Å². The SMILES string of the molecule is CN1CCN(S(=O)(=O)Br)CC1. The van der Waals surface area contributed by atoms with Gasteiger partial charge in [-0.3, -0.25) is 0 Å². The molecule has 0 radical (unpaired) electrons. The Morgan fingerprint density at radius 2 is 1.64 bits per heavy atom. The van der Waals surface area contributed by atoms with E-state index in [-0.39, 0.29) is 0 Å². The van der Waals surface area contributed by atoms with Crippen molar-refractivity contribution in [1.29, 1.82) is 0 Å². The quantitative estimate of drug-likeness (QED) is 0.602. The van der Waals surface area contributed by atoms with Crippen LogP contribution in [0.15, 0.2) is 0 Å². The van der Waals surface area contributed by atoms with Gasteiger partial charge in [0.25, 0.3) is 8.46 Å². The minimum atomic E-state index is -3.13. The molecule has 0 amide bonds. The van der Waals surface area contributed by atoms with Crippen molar-refractivity contribution in [2.24, 2.45) is 0 Å². The molecule has 0 aromatic heterocycles. The summed E-state index contributed by atoms with van der Waals surface area (Å²) in [4.78, 5) is 2.11. The minimum absolute atomic E-state index is 0.587. The first-order valence-electron chi connectivity index (χ1n) is 3.38. The summed E-state index contributed by atoms with van der Waals surface area (Å²) in [6.45, 7) is 2.80. The predicted molar refractivity (Wildman–Crippen MR) is 46.9 cm³/mol. The molecular weight excluding hydrogens is 232 g/mol. The maximum atomic E-state index is 10.9. The second-order valence-electron chi connectivity index (χ2n) is 2.64. The van der Waals surface area contributed by atoms with E-state index in [4.69, 9.17) is 0 Å². The topological polar surface area (TPSA) is 40.6 Å². The third-order valence-electron chi connectivity index (χ3n) is 1.77. The van der Waals surface area contributed by atoms with Crippen LogP contribution in [-0.4, -0.2) is 50.8 Å². The van der Waals surface area contributed by atoms with Crippen molar-refractivity contribution in [3.8, 4) is 0 Å². The molecule has 1 rings (SSSR count). The highest BCUT2D eigenvalue weighted by Gasteiger charge is 2.22. The first kappa shape index (κ1) is 9.44. The first-order chi connectivity index (χ1) is 5.00. The third kappa shape index (κ3) is 2.70. The number of nitrogens with zero attached hydrogens (tertiary/aromatic N) is 2. The number of hydrogen-bond donors (Lipinski definition) is 0. The third-order valence-corrected chi connectivity index (χ3v) is 3.98. The number of rotatable bonds is 1. The molecule has 0 aromatic rings. The molecule has 4 nitrogen and oxygen atoms in total. The minimum Gasteiger partial charge on any atom is -0.304 e. The van der Waals surface area contributed by atoms with E-state index in [0.29, 0.717) is 13.1 Å². The molecule has 1 aliphatic heterocycles. The smallest absolute Gasteiger partial charge is 0.274 e. The predicted octanol–water partition coefficient (Wildman–Crippen LogP) is -0.126. The largest absolute Gasteiger partial charge is 0.304 e. The van der Waals surface area contributed by atoms with Gasteiger partial charge in [0.1, 0.15) is 0 Å². The normalized spacial score (nSPS) is 23.8. The molecule has 0 bridgehead atoms. The summed E-state index contributed by atoms with van der Waals surface area (Å²) in [6, 6.07) is 0. The van der Waals surface area contributed by atoms with Gasteiger partial charge >= 0.3 is 0 Å². The summed E-state index contributed by atoms with van der Waals surface area (Å²) in [5, 5.41) is 0. The zero-order valence-electron chi connectivity index (χ0n) is 6.33. The van der Waals surface area contributed by atoms with Crippen molar-refractivity contribution < 1.29 is 8.42 Å². The van der Waals surface area contributed by atoms with Crippen molar-refractivity contribution in [2.45, 2.75) is 0 Å². The van der Waals surface area contributed by atoms with Crippen LogP contribution in [0, 0.1) is 0 Å². The van der Waals surface area contributed by atoms with Gasteiger partial charge in [0.2, 0.25) is 0 Å². The van der Waals surface area contributed by atoms with E-state index in [2.05, 4.69) is 19.7 Å². The van der Waals surface area contributed by atoms with Gasteiger partial charge in [-0.1, -0.05) is 0 Å². The average Bonchev–Trinajstić information content (AvgIpc) is 1.86. The maximum Gasteiger partial charge on any atom is 0.274 e. The second-order valence-corrected chi connectivity index (χ2v) is 6.44. The highest BCUT2D eigenvalue weighted by molar-refractivity contribution is 9.47. The molecular formula is C5H11BrN2O2S. The van der Waals surface area contributed by atoms with E-state index in [9.17, 15) is 8.42 Å². The average molecular weight is 243 g/mol. The maximum absolute atomic E-state index is 10.9. The molecule has 0 aromatic carbocycles. The Hall–Kier alpha value is 0.350. The van der Waals surface area contributed by atoms with Gasteiger partial charge in [-0.25, -0.2) is 8.42 Å². The summed E-state index contributed by atoms with van der Waals surface area (Å²) in [5.41, 5.74) is 0. The fourth-order valence-electron chi connectivity index (χ4n) is 1.01. The molecule has 0 spiro atoms. The molecule has 6 heteroatoms. The highest BCUT2D eigenvalue weighted by atomic mass is 79.9. The van der Waals surface area contributed by atoms with Crippen LogP contribution in [0.5, 0.6) is 0 Å². The molecule has 66 valence electrons. The molecule has 0 atom stereocenters. The Kier molecular flexibility index (Phi) is 2.90. The lowest BCUT2D eigenvalue weighted by molar-refractivity contribution is 0.225. The molecule has 0 unspecified atom stereocenters. The Labute approximate surface area is 74.4 Å². The number of likely N-dealkylation sites (N-methyl/N-ethyl adjacent to an activating group) is 1. The molecule has 11 heavy (non-hydrogen) atoms. The lowest BCUT2D eigenvalue weighted by Crippen LogP contribution is -2.45. The van der Waals surface area contributed by atoms with E-state index >= 15 is 0 Å². The lowest BCUT2D eigenvalue weighted by atomic mass is 10.4. The number of halogens is 1. The second kappa shape index (κ2) is 3.38. The Balaban J connectivity index is 2.53. The molecule has 0 N–H and O–H groups in total. The fourth-order valence-corrected chi connectivity index (χ4v) is 2.47. The van der Waals surface area contributed by atoms with Crippen LogP contribution in [0.25, 0.3) is 0 Å². The number of piperazine rings is 1. The van der Waals surface area contributed by atoms with Crippen LogP contribution in [0.1, 0.15) is 0 Å². The van der Waals surface area contributed by atoms with E-state index < -0.39 is 8.46 Å². The molecule has 1 aliphatic rings. The first-order valence-corrected chi connectivity index (χ1v) is 6.67. The van der Waals surface area contributed by atoms with Crippen LogP contribution >= 0.6 is 14.8 Å². The van der Waals surface area contributed by atoms with Crippen molar-refractivity contribution in [2.75, 3.05) is 33.2 Å². The summed E-state index contributed by atoms with van der Waals surface area (Å²) in [5.74, 6) is 0. The van der Waals surface area contributed by atoms with E-state index in [0.717, 1.165) is 13.1 Å². The lowest BCUT2D eigenvalue weighted by Gasteiger charge is -2.29. The Bertz CT molecular complexity index is 221. The van der Waals surface area contributed by atoms with Crippen LogP contribution in [0.2, 0.25) is 0 Å². The zero-order valence-corrected chi connectivity index (χ0v) is 8.73.